The molecule has 24 heavy (non-hydrogen) atoms. The number of aromatic nitrogens is 1. The van der Waals surface area contributed by atoms with Crippen LogP contribution in [0.1, 0.15) is 15.9 Å². The highest BCUT2D eigenvalue weighted by molar-refractivity contribution is 7.07. The lowest BCUT2D eigenvalue weighted by Crippen LogP contribution is -2.19. The number of halogens is 2. The predicted octanol–water partition coefficient (Wildman–Crippen LogP) is 3.24. The highest BCUT2D eigenvalue weighted by Gasteiger charge is 2.04. The molecule has 0 unspecified atom stereocenters. The zero-order valence-corrected chi connectivity index (χ0v) is 14.6. The van der Waals surface area contributed by atoms with Crippen LogP contribution in [-0.2, 0) is 0 Å². The Hall–Kier alpha value is -2.14. The second-order valence-corrected chi connectivity index (χ2v) is 6.96. The van der Waals surface area contributed by atoms with Crippen LogP contribution in [-0.4, -0.2) is 10.8 Å². The molecule has 6 heteroatoms. The molecule has 0 saturated heterocycles. The van der Waals surface area contributed by atoms with Crippen molar-refractivity contribution >= 4 is 52.5 Å². The fraction of sp³-hybridized carbons (Fsp3) is 0. The average molecular weight is 376 g/mol. The van der Waals surface area contributed by atoms with Gasteiger partial charge < -0.3 is 4.98 Å². The van der Waals surface area contributed by atoms with Gasteiger partial charge in [0.1, 0.15) is 0 Å². The van der Waals surface area contributed by atoms with Crippen molar-refractivity contribution in [2.45, 2.75) is 0 Å². The molecule has 0 atom stereocenters. The molecular weight excluding hydrogens is 365 g/mol. The van der Waals surface area contributed by atoms with Crippen molar-refractivity contribution in [1.82, 2.24) is 4.98 Å². The van der Waals surface area contributed by atoms with Crippen molar-refractivity contribution in [3.63, 3.8) is 0 Å². The van der Waals surface area contributed by atoms with Gasteiger partial charge in [-0.15, -0.1) is 11.3 Å². The van der Waals surface area contributed by atoms with Gasteiger partial charge in [-0.1, -0.05) is 47.5 Å². The first-order chi connectivity index (χ1) is 11.5. The molecule has 0 aliphatic carbocycles. The summed E-state index contributed by atoms with van der Waals surface area (Å²) in [5, 5.41) is 1.12. The van der Waals surface area contributed by atoms with Gasteiger partial charge in [-0.2, -0.15) is 0 Å². The highest BCUT2D eigenvalue weighted by atomic mass is 35.5. The van der Waals surface area contributed by atoms with Gasteiger partial charge in [0.2, 0.25) is 0 Å². The van der Waals surface area contributed by atoms with Gasteiger partial charge in [0, 0.05) is 21.7 Å². The van der Waals surface area contributed by atoms with E-state index in [1.807, 2.05) is 12.1 Å². The SMILES string of the molecule is O=C(/C=c1/[nH]c(=O)/c(=C/c2ccc(Cl)cc2)s1)c1cccc(Cl)c1. The third-order valence-corrected chi connectivity index (χ3v) is 4.67. The van der Waals surface area contributed by atoms with Crippen LogP contribution < -0.4 is 14.8 Å². The number of ketones is 1. The van der Waals surface area contributed by atoms with Crippen molar-refractivity contribution in [2.24, 2.45) is 0 Å². The first-order valence-electron chi connectivity index (χ1n) is 6.99. The summed E-state index contributed by atoms with van der Waals surface area (Å²) >= 11 is 13.0. The summed E-state index contributed by atoms with van der Waals surface area (Å²) in [6.07, 6.45) is 3.15. The maximum Gasteiger partial charge on any atom is 0.266 e. The number of hydrogen-bond donors (Lipinski definition) is 1. The second kappa shape index (κ2) is 7.18. The van der Waals surface area contributed by atoms with E-state index in [-0.39, 0.29) is 11.3 Å². The molecule has 1 aromatic heterocycles. The molecule has 0 fully saturated rings. The number of rotatable bonds is 3. The summed E-state index contributed by atoms with van der Waals surface area (Å²) in [5.41, 5.74) is 1.10. The van der Waals surface area contributed by atoms with E-state index < -0.39 is 0 Å². The topological polar surface area (TPSA) is 49.9 Å². The largest absolute Gasteiger partial charge is 0.313 e. The normalized spacial score (nSPS) is 12.6. The monoisotopic (exact) mass is 375 g/mol. The summed E-state index contributed by atoms with van der Waals surface area (Å²) in [5.74, 6) is -0.215. The van der Waals surface area contributed by atoms with E-state index in [4.69, 9.17) is 23.2 Å². The lowest BCUT2D eigenvalue weighted by Gasteiger charge is -1.95. The van der Waals surface area contributed by atoms with Gasteiger partial charge in [-0.05, 0) is 35.9 Å². The Labute approximate surface area is 151 Å². The first-order valence-corrected chi connectivity index (χ1v) is 8.56. The fourth-order valence-electron chi connectivity index (χ4n) is 2.08. The molecule has 0 spiro atoms. The number of carbonyl (C=O) groups is 1. The Bertz CT molecular complexity index is 1070. The van der Waals surface area contributed by atoms with E-state index in [0.717, 1.165) is 5.56 Å². The van der Waals surface area contributed by atoms with Gasteiger partial charge in [0.15, 0.2) is 5.78 Å². The van der Waals surface area contributed by atoms with Gasteiger partial charge in [-0.3, -0.25) is 9.59 Å². The Morgan fingerprint density at radius 2 is 1.79 bits per heavy atom. The molecule has 1 heterocycles. The van der Waals surface area contributed by atoms with Crippen LogP contribution in [0.15, 0.2) is 53.3 Å². The number of benzene rings is 2. The first kappa shape index (κ1) is 16.7. The van der Waals surface area contributed by atoms with E-state index in [9.17, 15) is 9.59 Å². The summed E-state index contributed by atoms with van der Waals surface area (Å²) in [6, 6.07) is 13.8. The molecule has 0 aliphatic rings. The van der Waals surface area contributed by atoms with Crippen LogP contribution in [0, 0.1) is 0 Å². The minimum atomic E-state index is -0.236. The number of thiazole rings is 1. The van der Waals surface area contributed by atoms with Gasteiger partial charge in [0.25, 0.3) is 5.56 Å². The molecular formula is C18H11Cl2NO2S. The van der Waals surface area contributed by atoms with E-state index in [0.29, 0.717) is 24.8 Å². The van der Waals surface area contributed by atoms with E-state index in [1.165, 1.54) is 17.4 Å². The second-order valence-electron chi connectivity index (χ2n) is 5.00. The Morgan fingerprint density at radius 3 is 2.50 bits per heavy atom. The zero-order valence-electron chi connectivity index (χ0n) is 12.3. The van der Waals surface area contributed by atoms with E-state index in [2.05, 4.69) is 4.98 Å². The van der Waals surface area contributed by atoms with Crippen LogP contribution in [0.5, 0.6) is 0 Å². The number of aromatic amines is 1. The molecule has 0 amide bonds. The third kappa shape index (κ3) is 4.03. The fourth-order valence-corrected chi connectivity index (χ4v) is 3.28. The van der Waals surface area contributed by atoms with Crippen LogP contribution in [0.3, 0.4) is 0 Å². The van der Waals surface area contributed by atoms with Crippen LogP contribution in [0.2, 0.25) is 10.0 Å². The molecule has 3 aromatic rings. The van der Waals surface area contributed by atoms with Crippen molar-refractivity contribution in [2.75, 3.05) is 0 Å². The smallest absolute Gasteiger partial charge is 0.266 e. The lowest BCUT2D eigenvalue weighted by atomic mass is 10.1. The quantitative estimate of drug-likeness (QED) is 0.714. The number of nitrogens with one attached hydrogen (secondary N) is 1. The summed E-state index contributed by atoms with van der Waals surface area (Å²) in [6.45, 7) is 0. The molecule has 0 radical (unpaired) electrons. The van der Waals surface area contributed by atoms with Gasteiger partial charge in [-0.25, -0.2) is 0 Å². The molecule has 3 rings (SSSR count). The molecule has 0 saturated carbocycles. The van der Waals surface area contributed by atoms with Gasteiger partial charge in [0.05, 0.1) is 9.20 Å². The van der Waals surface area contributed by atoms with Crippen molar-refractivity contribution in [3.05, 3.63) is 89.3 Å². The maximum absolute atomic E-state index is 12.2. The Kier molecular flexibility index (Phi) is 5.00. The minimum Gasteiger partial charge on any atom is -0.313 e. The number of hydrogen-bond acceptors (Lipinski definition) is 3. The predicted molar refractivity (Wildman–Crippen MR) is 99.5 cm³/mol. The summed E-state index contributed by atoms with van der Waals surface area (Å²) in [7, 11) is 0. The zero-order chi connectivity index (χ0) is 17.1. The average Bonchev–Trinajstić information content (AvgIpc) is 2.89. The maximum atomic E-state index is 12.2. The molecule has 120 valence electrons. The highest BCUT2D eigenvalue weighted by Crippen LogP contribution is 2.11. The van der Waals surface area contributed by atoms with Crippen molar-refractivity contribution < 1.29 is 4.79 Å². The summed E-state index contributed by atoms with van der Waals surface area (Å²) < 4.78 is 1.01. The lowest BCUT2D eigenvalue weighted by molar-refractivity contribution is 0.106. The van der Waals surface area contributed by atoms with E-state index in [1.54, 1.807) is 42.5 Å². The minimum absolute atomic E-state index is 0.215. The number of H-pyrrole nitrogens is 1. The molecule has 2 aromatic carbocycles. The summed E-state index contributed by atoms with van der Waals surface area (Å²) in [4.78, 5) is 26.9. The molecule has 1 N–H and O–H groups in total. The Morgan fingerprint density at radius 1 is 1.04 bits per heavy atom. The van der Waals surface area contributed by atoms with Crippen LogP contribution in [0.4, 0.5) is 0 Å². The Balaban J connectivity index is 1.98. The van der Waals surface area contributed by atoms with Crippen molar-refractivity contribution in [3.8, 4) is 0 Å². The van der Waals surface area contributed by atoms with Gasteiger partial charge >= 0.3 is 0 Å². The molecule has 0 bridgehead atoms. The van der Waals surface area contributed by atoms with Crippen LogP contribution in [0.25, 0.3) is 12.2 Å². The molecule has 3 nitrogen and oxygen atoms in total. The number of Topliss-reactive ketones (excluding diaryl/α,β-unsaturated/α-hetero) is 1. The standard InChI is InChI=1S/C18H11Cl2NO2S/c19-13-6-4-11(5-7-13)8-16-18(23)21-17(24-16)10-15(22)12-2-1-3-14(20)9-12/h1-10H,(H,21,23)/b16-8-,17-10-. The third-order valence-electron chi connectivity index (χ3n) is 3.22. The number of carbonyl (C=O) groups excluding carboxylic acids is 1. The van der Waals surface area contributed by atoms with Crippen LogP contribution >= 0.6 is 34.5 Å². The van der Waals surface area contributed by atoms with E-state index >= 15 is 0 Å². The molecule has 0 aliphatic heterocycles. The van der Waals surface area contributed by atoms with Crippen molar-refractivity contribution in [1.29, 1.82) is 0 Å².